The molecule has 0 rings (SSSR count). The van der Waals surface area contributed by atoms with Gasteiger partial charge in [0.05, 0.1) is 0 Å². The number of hydrogen-bond donors (Lipinski definition) is 2. The lowest BCUT2D eigenvalue weighted by atomic mass is 10.1. The summed E-state index contributed by atoms with van der Waals surface area (Å²) in [7, 11) is 0. The molecule has 0 radical (unpaired) electrons. The van der Waals surface area contributed by atoms with Crippen molar-refractivity contribution in [3.05, 3.63) is 0 Å². The van der Waals surface area contributed by atoms with Crippen LogP contribution in [0.15, 0.2) is 0 Å². The van der Waals surface area contributed by atoms with E-state index < -0.39 is 30.1 Å². The molecule has 1 atom stereocenters. The summed E-state index contributed by atoms with van der Waals surface area (Å²) in [5.74, 6) is -6.56. The second-order valence-corrected chi connectivity index (χ2v) is 3.88. The first kappa shape index (κ1) is 17.0. The molecule has 0 aromatic heterocycles. The minimum absolute atomic E-state index is 0.170. The average molecular weight is 281 g/mol. The minimum atomic E-state index is -5.68. The molecule has 0 bridgehead atoms. The molecular formula is C9H13F6NO2. The van der Waals surface area contributed by atoms with Crippen molar-refractivity contribution in [2.24, 2.45) is 11.8 Å². The zero-order valence-electron chi connectivity index (χ0n) is 9.40. The third-order valence-corrected chi connectivity index (χ3v) is 2.16. The van der Waals surface area contributed by atoms with Crippen molar-refractivity contribution in [2.45, 2.75) is 25.7 Å². The van der Waals surface area contributed by atoms with Gasteiger partial charge in [-0.05, 0) is 12.3 Å². The average Bonchev–Trinajstić information content (AvgIpc) is 2.10. The van der Waals surface area contributed by atoms with Crippen molar-refractivity contribution in [3.63, 3.8) is 0 Å². The van der Waals surface area contributed by atoms with Crippen molar-refractivity contribution in [1.29, 1.82) is 0 Å². The summed E-state index contributed by atoms with van der Waals surface area (Å²) in [5.41, 5.74) is 0. The van der Waals surface area contributed by atoms with E-state index in [4.69, 9.17) is 5.11 Å². The van der Waals surface area contributed by atoms with Crippen LogP contribution in [0.2, 0.25) is 0 Å². The number of nitrogens with one attached hydrogen (secondary N) is 1. The molecule has 0 aromatic rings. The predicted molar refractivity (Wildman–Crippen MR) is 49.5 cm³/mol. The van der Waals surface area contributed by atoms with Crippen LogP contribution in [-0.2, 0) is 4.79 Å². The van der Waals surface area contributed by atoms with E-state index in [0.717, 1.165) is 0 Å². The summed E-state index contributed by atoms with van der Waals surface area (Å²) >= 11 is 0. The zero-order chi connectivity index (χ0) is 14.6. The van der Waals surface area contributed by atoms with Gasteiger partial charge in [0.1, 0.15) is 0 Å². The second kappa shape index (κ2) is 6.26. The molecule has 9 heteroatoms. The number of amides is 1. The SMILES string of the molecule is CC(CCO)CNC(=O)C(C(F)(F)F)C(F)(F)F. The molecule has 1 unspecified atom stereocenters. The van der Waals surface area contributed by atoms with E-state index in [1.165, 1.54) is 6.92 Å². The Labute approximate surface area is 99.2 Å². The van der Waals surface area contributed by atoms with E-state index in [2.05, 4.69) is 0 Å². The second-order valence-electron chi connectivity index (χ2n) is 3.88. The lowest BCUT2D eigenvalue weighted by Gasteiger charge is -2.22. The van der Waals surface area contributed by atoms with Gasteiger partial charge in [-0.25, -0.2) is 0 Å². The highest BCUT2D eigenvalue weighted by atomic mass is 19.4. The van der Waals surface area contributed by atoms with Crippen molar-refractivity contribution < 1.29 is 36.2 Å². The van der Waals surface area contributed by atoms with E-state index in [9.17, 15) is 31.1 Å². The molecule has 2 N–H and O–H groups in total. The smallest absolute Gasteiger partial charge is 0.396 e. The van der Waals surface area contributed by atoms with Gasteiger partial charge in [-0.15, -0.1) is 0 Å². The fourth-order valence-corrected chi connectivity index (χ4v) is 1.18. The molecule has 0 aliphatic carbocycles. The lowest BCUT2D eigenvalue weighted by Crippen LogP contribution is -2.48. The fraction of sp³-hybridized carbons (Fsp3) is 0.889. The molecule has 0 aliphatic heterocycles. The van der Waals surface area contributed by atoms with E-state index >= 15 is 0 Å². The number of rotatable bonds is 5. The van der Waals surface area contributed by atoms with E-state index in [0.29, 0.717) is 0 Å². The van der Waals surface area contributed by atoms with Crippen molar-refractivity contribution in [2.75, 3.05) is 13.2 Å². The van der Waals surface area contributed by atoms with Gasteiger partial charge in [-0.2, -0.15) is 26.3 Å². The fourth-order valence-electron chi connectivity index (χ4n) is 1.18. The van der Waals surface area contributed by atoms with E-state index in [1.54, 1.807) is 5.32 Å². The maximum absolute atomic E-state index is 12.1. The van der Waals surface area contributed by atoms with Crippen LogP contribution in [-0.4, -0.2) is 36.5 Å². The number of halogens is 6. The van der Waals surface area contributed by atoms with Crippen LogP contribution in [0.3, 0.4) is 0 Å². The van der Waals surface area contributed by atoms with Crippen LogP contribution < -0.4 is 5.32 Å². The van der Waals surface area contributed by atoms with Crippen LogP contribution >= 0.6 is 0 Å². The first-order valence-corrected chi connectivity index (χ1v) is 5.02. The van der Waals surface area contributed by atoms with Crippen LogP contribution in [0.4, 0.5) is 26.3 Å². The maximum Gasteiger partial charge on any atom is 0.409 e. The highest BCUT2D eigenvalue weighted by molar-refractivity contribution is 5.80. The van der Waals surface area contributed by atoms with E-state index in [-0.39, 0.29) is 19.6 Å². The Morgan fingerprint density at radius 2 is 1.61 bits per heavy atom. The molecular weight excluding hydrogens is 268 g/mol. The summed E-state index contributed by atoms with van der Waals surface area (Å²) < 4.78 is 72.7. The molecule has 1 amide bonds. The van der Waals surface area contributed by atoms with Gasteiger partial charge in [-0.1, -0.05) is 6.92 Å². The summed E-state index contributed by atoms with van der Waals surface area (Å²) in [6.07, 6.45) is -11.2. The molecule has 0 spiro atoms. The van der Waals surface area contributed by atoms with Crippen LogP contribution in [0, 0.1) is 11.8 Å². The summed E-state index contributed by atoms with van der Waals surface area (Å²) in [4.78, 5) is 10.9. The highest BCUT2D eigenvalue weighted by Crippen LogP contribution is 2.39. The number of carbonyl (C=O) groups excluding carboxylic acids is 1. The number of alkyl halides is 6. The zero-order valence-corrected chi connectivity index (χ0v) is 9.40. The highest BCUT2D eigenvalue weighted by Gasteiger charge is 2.60. The monoisotopic (exact) mass is 281 g/mol. The van der Waals surface area contributed by atoms with Crippen molar-refractivity contribution in [3.8, 4) is 0 Å². The molecule has 108 valence electrons. The van der Waals surface area contributed by atoms with Gasteiger partial charge in [0, 0.05) is 13.2 Å². The van der Waals surface area contributed by atoms with Gasteiger partial charge in [0.25, 0.3) is 0 Å². The summed E-state index contributed by atoms with van der Waals surface area (Å²) in [5, 5.41) is 10.1. The number of aliphatic hydroxyl groups excluding tert-OH is 1. The van der Waals surface area contributed by atoms with Gasteiger partial charge in [0.2, 0.25) is 11.8 Å². The third-order valence-electron chi connectivity index (χ3n) is 2.16. The third kappa shape index (κ3) is 5.56. The van der Waals surface area contributed by atoms with Crippen LogP contribution in [0.5, 0.6) is 0 Å². The van der Waals surface area contributed by atoms with Crippen LogP contribution in [0.25, 0.3) is 0 Å². The normalized spacial score (nSPS) is 14.7. The number of aliphatic hydroxyl groups is 1. The molecule has 0 aromatic carbocycles. The molecule has 0 fully saturated rings. The number of carbonyl (C=O) groups is 1. The Morgan fingerprint density at radius 1 is 1.17 bits per heavy atom. The minimum Gasteiger partial charge on any atom is -0.396 e. The lowest BCUT2D eigenvalue weighted by molar-refractivity contribution is -0.274. The van der Waals surface area contributed by atoms with Crippen molar-refractivity contribution >= 4 is 5.91 Å². The van der Waals surface area contributed by atoms with Crippen molar-refractivity contribution in [1.82, 2.24) is 5.32 Å². The summed E-state index contributed by atoms with van der Waals surface area (Å²) in [6.45, 7) is 0.855. The Kier molecular flexibility index (Phi) is 5.91. The predicted octanol–water partition coefficient (Wildman–Crippen LogP) is 1.86. The quantitative estimate of drug-likeness (QED) is 0.756. The Bertz CT molecular complexity index is 261. The Hall–Kier alpha value is -0.990. The van der Waals surface area contributed by atoms with Gasteiger partial charge < -0.3 is 10.4 Å². The molecule has 0 saturated carbocycles. The van der Waals surface area contributed by atoms with Gasteiger partial charge in [-0.3, -0.25) is 4.79 Å². The first-order chi connectivity index (χ1) is 8.00. The topological polar surface area (TPSA) is 49.3 Å². The maximum atomic E-state index is 12.1. The molecule has 0 aliphatic rings. The van der Waals surface area contributed by atoms with E-state index in [1.807, 2.05) is 0 Å². The molecule has 18 heavy (non-hydrogen) atoms. The largest absolute Gasteiger partial charge is 0.409 e. The molecule has 0 saturated heterocycles. The van der Waals surface area contributed by atoms with Gasteiger partial charge in [0.15, 0.2) is 0 Å². The molecule has 0 heterocycles. The van der Waals surface area contributed by atoms with Crippen LogP contribution in [0.1, 0.15) is 13.3 Å². The first-order valence-electron chi connectivity index (χ1n) is 5.02. The van der Waals surface area contributed by atoms with Gasteiger partial charge >= 0.3 is 12.4 Å². The Balaban J connectivity index is 4.61. The standard InChI is InChI=1S/C9H13F6NO2/c1-5(2-3-17)4-16-7(18)6(8(10,11)12)9(13,14)15/h5-6,17H,2-4H2,1H3,(H,16,18). The number of hydrogen-bond acceptors (Lipinski definition) is 2. The Morgan fingerprint density at radius 3 is 1.94 bits per heavy atom. The summed E-state index contributed by atoms with van der Waals surface area (Å²) in [6, 6.07) is 0. The molecule has 3 nitrogen and oxygen atoms in total.